The molecule has 2 rings (SSSR count). The zero-order valence-corrected chi connectivity index (χ0v) is 48.5. The fraction of sp³-hybridized carbons (Fsp3) is 0.952. The Morgan fingerprint density at radius 2 is 0.816 bits per heavy atom. The molecular formula is C62H119NO13. The van der Waals surface area contributed by atoms with Crippen molar-refractivity contribution in [3.63, 3.8) is 0 Å². The van der Waals surface area contributed by atoms with E-state index in [-0.39, 0.29) is 18.9 Å². The predicted molar refractivity (Wildman–Crippen MR) is 305 cm³/mol. The lowest BCUT2D eigenvalue weighted by Crippen LogP contribution is -2.65. The van der Waals surface area contributed by atoms with Crippen LogP contribution in [0.4, 0.5) is 0 Å². The van der Waals surface area contributed by atoms with Gasteiger partial charge in [-0.25, -0.2) is 0 Å². The molecule has 2 aliphatic rings. The van der Waals surface area contributed by atoms with E-state index in [9.17, 15) is 45.6 Å². The van der Waals surface area contributed by atoms with Gasteiger partial charge < -0.3 is 65.1 Å². The molecule has 0 aliphatic carbocycles. The highest BCUT2D eigenvalue weighted by molar-refractivity contribution is 5.76. The standard InChI is InChI=1S/C62H119NO13/c1-3-5-7-9-11-13-15-17-19-21-23-24-25-26-27-28-30-32-34-36-38-40-42-44-46-54(67)63-50(51(66)45-43-41-39-37-35-33-31-29-22-20-18-16-14-12-10-8-6-4-2)49-73-61-59(72)57(70)60(53(48-65)75-61)76-62-58(71)56(69)55(68)52(47-64)74-62/h43,45,50-53,55-62,64-66,68-72H,3-42,44,46-49H2,1-2H3,(H,63,67)/b45-43+. The normalized spacial score (nSPS) is 24.9. The number of aliphatic hydroxyl groups excluding tert-OH is 8. The smallest absolute Gasteiger partial charge is 0.220 e. The number of allylic oxidation sites excluding steroid dienone is 1. The van der Waals surface area contributed by atoms with Crippen molar-refractivity contribution in [3.05, 3.63) is 12.2 Å². The first kappa shape index (κ1) is 70.8. The lowest BCUT2D eigenvalue weighted by atomic mass is 9.97. The third-order valence-electron chi connectivity index (χ3n) is 16.0. The van der Waals surface area contributed by atoms with Crippen molar-refractivity contribution >= 4 is 5.91 Å². The summed E-state index contributed by atoms with van der Waals surface area (Å²) in [7, 11) is 0. The van der Waals surface area contributed by atoms with Gasteiger partial charge in [0.1, 0.15) is 48.8 Å². The molecule has 2 aliphatic heterocycles. The number of amides is 1. The second-order valence-corrected chi connectivity index (χ2v) is 22.9. The second-order valence-electron chi connectivity index (χ2n) is 22.9. The van der Waals surface area contributed by atoms with Gasteiger partial charge in [0.05, 0.1) is 32.0 Å². The van der Waals surface area contributed by atoms with Crippen molar-refractivity contribution in [2.45, 2.75) is 357 Å². The zero-order chi connectivity index (χ0) is 55.3. The number of carbonyl (C=O) groups is 1. The molecule has 0 aromatic heterocycles. The Morgan fingerprint density at radius 3 is 1.21 bits per heavy atom. The minimum Gasteiger partial charge on any atom is -0.394 e. The summed E-state index contributed by atoms with van der Waals surface area (Å²) >= 11 is 0. The SMILES string of the molecule is CCCCCCCCCCCCCCCCCC/C=C/C(O)C(COC1OC(CO)C(OC2OC(CO)C(O)C(O)C2O)C(O)C1O)NC(=O)CCCCCCCCCCCCCCCCCCCCCCCCCC. The van der Waals surface area contributed by atoms with E-state index in [1.165, 1.54) is 218 Å². The summed E-state index contributed by atoms with van der Waals surface area (Å²) in [6, 6.07) is -0.910. The minimum absolute atomic E-state index is 0.232. The fourth-order valence-corrected chi connectivity index (χ4v) is 10.8. The molecule has 14 heteroatoms. The lowest BCUT2D eigenvalue weighted by Gasteiger charge is -2.46. The molecule has 0 saturated carbocycles. The van der Waals surface area contributed by atoms with Crippen LogP contribution in [0.1, 0.15) is 284 Å². The van der Waals surface area contributed by atoms with E-state index in [1.54, 1.807) is 6.08 Å². The Balaban J connectivity index is 1.72. The molecule has 14 nitrogen and oxygen atoms in total. The van der Waals surface area contributed by atoms with E-state index >= 15 is 0 Å². The predicted octanol–water partition coefficient (Wildman–Crippen LogP) is 11.5. The van der Waals surface area contributed by atoms with Crippen LogP contribution in [0.15, 0.2) is 12.2 Å². The van der Waals surface area contributed by atoms with Gasteiger partial charge in [-0.15, -0.1) is 0 Å². The van der Waals surface area contributed by atoms with Gasteiger partial charge in [0.15, 0.2) is 12.6 Å². The molecule has 12 unspecified atom stereocenters. The highest BCUT2D eigenvalue weighted by atomic mass is 16.7. The Hall–Kier alpha value is -1.27. The molecule has 0 spiro atoms. The Kier molecular flexibility index (Phi) is 45.1. The number of rotatable bonds is 52. The van der Waals surface area contributed by atoms with E-state index in [1.807, 2.05) is 6.08 Å². The number of unbranched alkanes of at least 4 members (excludes halogenated alkanes) is 39. The molecule has 450 valence electrons. The van der Waals surface area contributed by atoms with Crippen LogP contribution in [0.3, 0.4) is 0 Å². The number of nitrogens with one attached hydrogen (secondary N) is 1. The average molecular weight is 1090 g/mol. The third-order valence-corrected chi connectivity index (χ3v) is 16.0. The average Bonchev–Trinajstić information content (AvgIpc) is 3.42. The number of aliphatic hydroxyl groups is 8. The summed E-state index contributed by atoms with van der Waals surface area (Å²) in [5.41, 5.74) is 0. The molecule has 2 saturated heterocycles. The summed E-state index contributed by atoms with van der Waals surface area (Å²) in [5.74, 6) is -0.232. The van der Waals surface area contributed by atoms with E-state index in [4.69, 9.17) is 18.9 Å². The Labute approximate surface area is 463 Å². The van der Waals surface area contributed by atoms with E-state index < -0.39 is 86.8 Å². The van der Waals surface area contributed by atoms with Crippen molar-refractivity contribution in [3.8, 4) is 0 Å². The number of hydrogen-bond donors (Lipinski definition) is 9. The van der Waals surface area contributed by atoms with Gasteiger partial charge in [-0.1, -0.05) is 270 Å². The van der Waals surface area contributed by atoms with E-state index in [0.717, 1.165) is 38.5 Å². The summed E-state index contributed by atoms with van der Waals surface area (Å²) in [5, 5.41) is 87.2. The first-order valence-corrected chi connectivity index (χ1v) is 31.9. The van der Waals surface area contributed by atoms with Gasteiger partial charge in [-0.05, 0) is 19.3 Å². The summed E-state index contributed by atoms with van der Waals surface area (Å²) in [4.78, 5) is 13.3. The number of hydrogen-bond acceptors (Lipinski definition) is 13. The molecular weight excluding hydrogens is 967 g/mol. The minimum atomic E-state index is -1.79. The van der Waals surface area contributed by atoms with Crippen LogP contribution in [-0.2, 0) is 23.7 Å². The summed E-state index contributed by atoms with van der Waals surface area (Å²) in [6.07, 6.45) is 39.7. The first-order chi connectivity index (χ1) is 37.1. The quantitative estimate of drug-likeness (QED) is 0.0204. The highest BCUT2D eigenvalue weighted by Gasteiger charge is 2.51. The van der Waals surface area contributed by atoms with Crippen LogP contribution < -0.4 is 5.32 Å². The van der Waals surface area contributed by atoms with Crippen LogP contribution in [-0.4, -0.2) is 140 Å². The second kappa shape index (κ2) is 48.4. The van der Waals surface area contributed by atoms with Crippen LogP contribution in [0.2, 0.25) is 0 Å². The monoisotopic (exact) mass is 1090 g/mol. The van der Waals surface area contributed by atoms with E-state index in [2.05, 4.69) is 19.2 Å². The van der Waals surface area contributed by atoms with Gasteiger partial charge in [-0.3, -0.25) is 4.79 Å². The van der Waals surface area contributed by atoms with Gasteiger partial charge in [-0.2, -0.15) is 0 Å². The van der Waals surface area contributed by atoms with Crippen LogP contribution in [0, 0.1) is 0 Å². The molecule has 0 radical (unpaired) electrons. The topological polar surface area (TPSA) is 228 Å². The van der Waals surface area contributed by atoms with Crippen molar-refractivity contribution in [1.82, 2.24) is 5.32 Å². The van der Waals surface area contributed by atoms with Crippen molar-refractivity contribution in [2.24, 2.45) is 0 Å². The Bertz CT molecular complexity index is 1330. The molecule has 2 heterocycles. The maximum absolute atomic E-state index is 13.3. The van der Waals surface area contributed by atoms with E-state index in [0.29, 0.717) is 6.42 Å². The molecule has 9 N–H and O–H groups in total. The van der Waals surface area contributed by atoms with Gasteiger partial charge >= 0.3 is 0 Å². The van der Waals surface area contributed by atoms with Crippen molar-refractivity contribution in [2.75, 3.05) is 19.8 Å². The number of ether oxygens (including phenoxy) is 4. The summed E-state index contributed by atoms with van der Waals surface area (Å²) < 4.78 is 22.8. The summed E-state index contributed by atoms with van der Waals surface area (Å²) in [6.45, 7) is 2.84. The maximum Gasteiger partial charge on any atom is 0.220 e. The van der Waals surface area contributed by atoms with Crippen molar-refractivity contribution < 1.29 is 64.6 Å². The third kappa shape index (κ3) is 33.5. The van der Waals surface area contributed by atoms with Gasteiger partial charge in [0, 0.05) is 6.42 Å². The van der Waals surface area contributed by atoms with Crippen molar-refractivity contribution in [1.29, 1.82) is 0 Å². The lowest BCUT2D eigenvalue weighted by molar-refractivity contribution is -0.359. The van der Waals surface area contributed by atoms with Gasteiger partial charge in [0.2, 0.25) is 5.91 Å². The van der Waals surface area contributed by atoms with Crippen LogP contribution in [0.5, 0.6) is 0 Å². The number of carbonyl (C=O) groups excluding carboxylic acids is 1. The molecule has 1 amide bonds. The highest BCUT2D eigenvalue weighted by Crippen LogP contribution is 2.30. The zero-order valence-electron chi connectivity index (χ0n) is 48.5. The molecule has 0 bridgehead atoms. The molecule has 0 aromatic carbocycles. The molecule has 12 atom stereocenters. The molecule has 2 fully saturated rings. The largest absolute Gasteiger partial charge is 0.394 e. The van der Waals surface area contributed by atoms with Gasteiger partial charge in [0.25, 0.3) is 0 Å². The fourth-order valence-electron chi connectivity index (χ4n) is 10.8. The van der Waals surface area contributed by atoms with Crippen LogP contribution >= 0.6 is 0 Å². The Morgan fingerprint density at radius 1 is 0.461 bits per heavy atom. The maximum atomic E-state index is 13.3. The molecule has 76 heavy (non-hydrogen) atoms. The van der Waals surface area contributed by atoms with Crippen LogP contribution in [0.25, 0.3) is 0 Å². The molecule has 0 aromatic rings. The first-order valence-electron chi connectivity index (χ1n) is 31.9.